The third kappa shape index (κ3) is 3.91. The molecule has 1 unspecified atom stereocenters. The molecule has 1 aliphatic heterocycles. The fraction of sp³-hybridized carbons (Fsp3) is 0.571. The van der Waals surface area contributed by atoms with Crippen LogP contribution in [0.3, 0.4) is 0 Å². The Morgan fingerprint density at radius 1 is 1.58 bits per heavy atom. The van der Waals surface area contributed by atoms with Crippen molar-refractivity contribution >= 4 is 17.5 Å². The van der Waals surface area contributed by atoms with Gasteiger partial charge in [0.15, 0.2) is 0 Å². The Morgan fingerprint density at radius 2 is 2.37 bits per heavy atom. The van der Waals surface area contributed by atoms with E-state index < -0.39 is 0 Å². The quantitative estimate of drug-likeness (QED) is 0.863. The molecule has 2 rings (SSSR count). The molecule has 0 aliphatic carbocycles. The van der Waals surface area contributed by atoms with E-state index in [4.69, 9.17) is 11.6 Å². The van der Waals surface area contributed by atoms with Crippen molar-refractivity contribution in [2.45, 2.75) is 32.2 Å². The van der Waals surface area contributed by atoms with Gasteiger partial charge in [0.1, 0.15) is 5.15 Å². The van der Waals surface area contributed by atoms with Gasteiger partial charge in [0.2, 0.25) is 0 Å². The van der Waals surface area contributed by atoms with Gasteiger partial charge in [0, 0.05) is 23.8 Å². The third-order valence-electron chi connectivity index (χ3n) is 3.43. The number of piperidine rings is 1. The molecule has 1 aromatic heterocycles. The average molecular weight is 282 g/mol. The molecule has 1 fully saturated rings. The molecule has 1 aromatic rings. The van der Waals surface area contributed by atoms with E-state index in [9.17, 15) is 4.79 Å². The molecule has 1 aliphatic rings. The smallest absolute Gasteiger partial charge is 0.251 e. The minimum absolute atomic E-state index is 0.0562. The molecule has 1 saturated heterocycles. The first kappa shape index (κ1) is 14.3. The highest BCUT2D eigenvalue weighted by Gasteiger charge is 2.20. The van der Waals surface area contributed by atoms with Gasteiger partial charge in [-0.2, -0.15) is 0 Å². The van der Waals surface area contributed by atoms with Crippen LogP contribution in [0.4, 0.5) is 0 Å². The lowest BCUT2D eigenvalue weighted by Gasteiger charge is -2.30. The van der Waals surface area contributed by atoms with E-state index in [1.807, 2.05) is 13.0 Å². The molecule has 0 radical (unpaired) electrons. The summed E-state index contributed by atoms with van der Waals surface area (Å²) in [6, 6.07) is 3.67. The number of likely N-dealkylation sites (tertiary alicyclic amines) is 1. The largest absolute Gasteiger partial charge is 0.348 e. The van der Waals surface area contributed by atoms with Crippen LogP contribution in [-0.4, -0.2) is 42.0 Å². The summed E-state index contributed by atoms with van der Waals surface area (Å²) in [7, 11) is 2.08. The van der Waals surface area contributed by atoms with E-state index in [2.05, 4.69) is 22.2 Å². The normalized spacial score (nSPS) is 20.3. The maximum absolute atomic E-state index is 12.2. The van der Waals surface area contributed by atoms with Crippen molar-refractivity contribution in [2.24, 2.45) is 0 Å². The predicted molar refractivity (Wildman–Crippen MR) is 76.6 cm³/mol. The number of amides is 1. The zero-order valence-electron chi connectivity index (χ0n) is 11.4. The fourth-order valence-electron chi connectivity index (χ4n) is 2.42. The first-order chi connectivity index (χ1) is 9.08. The Bertz CT molecular complexity index is 464. The van der Waals surface area contributed by atoms with Crippen LogP contribution in [0, 0.1) is 0 Å². The minimum Gasteiger partial charge on any atom is -0.348 e. The maximum Gasteiger partial charge on any atom is 0.251 e. The minimum atomic E-state index is -0.0562. The average Bonchev–Trinajstić information content (AvgIpc) is 2.38. The Kier molecular flexibility index (Phi) is 4.77. The Morgan fingerprint density at radius 3 is 3.05 bits per heavy atom. The number of halogens is 1. The number of aromatic nitrogens is 1. The van der Waals surface area contributed by atoms with E-state index in [0.29, 0.717) is 10.7 Å². The van der Waals surface area contributed by atoms with Gasteiger partial charge in [-0.3, -0.25) is 4.79 Å². The van der Waals surface area contributed by atoms with Crippen LogP contribution in [0.1, 0.15) is 35.8 Å². The molecule has 104 valence electrons. The van der Waals surface area contributed by atoms with Crippen LogP contribution in [0.2, 0.25) is 5.15 Å². The van der Waals surface area contributed by atoms with Crippen molar-refractivity contribution in [3.05, 3.63) is 28.5 Å². The molecule has 0 spiro atoms. The summed E-state index contributed by atoms with van der Waals surface area (Å²) in [5.74, 6) is -0.0562. The number of hydrogen-bond donors (Lipinski definition) is 1. The van der Waals surface area contributed by atoms with Crippen LogP contribution in [-0.2, 0) is 6.42 Å². The van der Waals surface area contributed by atoms with E-state index >= 15 is 0 Å². The lowest BCUT2D eigenvalue weighted by atomic mass is 10.1. The van der Waals surface area contributed by atoms with Crippen LogP contribution < -0.4 is 5.32 Å². The van der Waals surface area contributed by atoms with Gasteiger partial charge in [-0.1, -0.05) is 18.5 Å². The van der Waals surface area contributed by atoms with Gasteiger partial charge in [-0.15, -0.1) is 0 Å². The van der Waals surface area contributed by atoms with Crippen molar-refractivity contribution in [1.82, 2.24) is 15.2 Å². The molecule has 0 aromatic carbocycles. The molecule has 2 heterocycles. The molecule has 0 bridgehead atoms. The molecule has 1 N–H and O–H groups in total. The summed E-state index contributed by atoms with van der Waals surface area (Å²) in [6.07, 6.45) is 2.93. The van der Waals surface area contributed by atoms with Crippen LogP contribution in [0.25, 0.3) is 0 Å². The maximum atomic E-state index is 12.2. The van der Waals surface area contributed by atoms with Crippen LogP contribution in [0.5, 0.6) is 0 Å². The van der Waals surface area contributed by atoms with Gasteiger partial charge >= 0.3 is 0 Å². The van der Waals surface area contributed by atoms with E-state index in [1.165, 1.54) is 0 Å². The molecule has 1 amide bonds. The van der Waals surface area contributed by atoms with Crippen molar-refractivity contribution < 1.29 is 4.79 Å². The number of likely N-dealkylation sites (N-methyl/N-ethyl adjacent to an activating group) is 1. The summed E-state index contributed by atoms with van der Waals surface area (Å²) in [4.78, 5) is 18.6. The summed E-state index contributed by atoms with van der Waals surface area (Å²) < 4.78 is 0. The SMILES string of the molecule is CCc1cc(C(=O)NC2CCCN(C)C2)cc(Cl)n1. The van der Waals surface area contributed by atoms with Gasteiger partial charge in [-0.25, -0.2) is 4.98 Å². The second-order valence-corrected chi connectivity index (χ2v) is 5.49. The Balaban J connectivity index is 2.05. The van der Waals surface area contributed by atoms with Gasteiger partial charge in [0.25, 0.3) is 5.91 Å². The van der Waals surface area contributed by atoms with E-state index in [0.717, 1.165) is 38.0 Å². The van der Waals surface area contributed by atoms with Crippen molar-refractivity contribution in [3.8, 4) is 0 Å². The zero-order valence-corrected chi connectivity index (χ0v) is 12.2. The number of pyridine rings is 1. The molecular formula is C14H20ClN3O. The molecule has 0 saturated carbocycles. The summed E-state index contributed by atoms with van der Waals surface area (Å²) >= 11 is 5.94. The molecular weight excluding hydrogens is 262 g/mol. The second-order valence-electron chi connectivity index (χ2n) is 5.10. The number of carbonyl (C=O) groups excluding carboxylic acids is 1. The summed E-state index contributed by atoms with van der Waals surface area (Å²) in [5, 5.41) is 3.46. The molecule has 4 nitrogen and oxygen atoms in total. The first-order valence-electron chi connectivity index (χ1n) is 6.74. The number of rotatable bonds is 3. The standard InChI is InChI=1S/C14H20ClN3O/c1-3-11-7-10(8-13(15)16-11)14(19)17-12-5-4-6-18(2)9-12/h7-8,12H,3-6,9H2,1-2H3,(H,17,19). The van der Waals surface area contributed by atoms with Gasteiger partial charge < -0.3 is 10.2 Å². The highest BCUT2D eigenvalue weighted by molar-refractivity contribution is 6.29. The number of nitrogens with one attached hydrogen (secondary N) is 1. The number of aryl methyl sites for hydroxylation is 1. The monoisotopic (exact) mass is 281 g/mol. The Labute approximate surface area is 119 Å². The predicted octanol–water partition coefficient (Wildman–Crippen LogP) is 2.12. The fourth-order valence-corrected chi connectivity index (χ4v) is 2.64. The molecule has 1 atom stereocenters. The third-order valence-corrected chi connectivity index (χ3v) is 3.62. The van der Waals surface area contributed by atoms with Crippen molar-refractivity contribution in [2.75, 3.05) is 20.1 Å². The number of nitrogens with zero attached hydrogens (tertiary/aromatic N) is 2. The molecule has 19 heavy (non-hydrogen) atoms. The van der Waals surface area contributed by atoms with Gasteiger partial charge in [-0.05, 0) is 45.0 Å². The summed E-state index contributed by atoms with van der Waals surface area (Å²) in [5.41, 5.74) is 1.45. The van der Waals surface area contributed by atoms with E-state index in [-0.39, 0.29) is 11.9 Å². The molecule has 5 heteroatoms. The lowest BCUT2D eigenvalue weighted by molar-refractivity contribution is 0.0912. The van der Waals surface area contributed by atoms with E-state index in [1.54, 1.807) is 6.07 Å². The topological polar surface area (TPSA) is 45.2 Å². The number of hydrogen-bond acceptors (Lipinski definition) is 3. The highest BCUT2D eigenvalue weighted by atomic mass is 35.5. The lowest BCUT2D eigenvalue weighted by Crippen LogP contribution is -2.46. The van der Waals surface area contributed by atoms with Crippen molar-refractivity contribution in [3.63, 3.8) is 0 Å². The number of carbonyl (C=O) groups is 1. The highest BCUT2D eigenvalue weighted by Crippen LogP contribution is 2.13. The van der Waals surface area contributed by atoms with Crippen molar-refractivity contribution in [1.29, 1.82) is 0 Å². The van der Waals surface area contributed by atoms with Gasteiger partial charge in [0.05, 0.1) is 0 Å². The van der Waals surface area contributed by atoms with Crippen LogP contribution in [0.15, 0.2) is 12.1 Å². The first-order valence-corrected chi connectivity index (χ1v) is 7.12. The Hall–Kier alpha value is -1.13. The zero-order chi connectivity index (χ0) is 13.8. The summed E-state index contributed by atoms with van der Waals surface area (Å²) in [6.45, 7) is 4.01. The van der Waals surface area contributed by atoms with Crippen LogP contribution >= 0.6 is 11.6 Å². The second kappa shape index (κ2) is 6.35.